The number of hydrogen-bond acceptors (Lipinski definition) is 3. The first kappa shape index (κ1) is 19.0. The fourth-order valence-corrected chi connectivity index (χ4v) is 3.51. The van der Waals surface area contributed by atoms with Crippen molar-refractivity contribution < 1.29 is 9.21 Å². The third-order valence-corrected chi connectivity index (χ3v) is 5.31. The van der Waals surface area contributed by atoms with Gasteiger partial charge in [-0.05, 0) is 61.0 Å². The van der Waals surface area contributed by atoms with Gasteiger partial charge in [0.25, 0.3) is 5.91 Å². The summed E-state index contributed by atoms with van der Waals surface area (Å²) in [6.07, 6.45) is 0. The lowest BCUT2D eigenvalue weighted by Crippen LogP contribution is -2.13. The predicted octanol–water partition coefficient (Wildman–Crippen LogP) is 7.12. The van der Waals surface area contributed by atoms with Crippen molar-refractivity contribution in [3.05, 3.63) is 80.2 Å². The number of oxazole rings is 1. The number of carbonyl (C=O) groups excluding carboxylic acids is 1. The van der Waals surface area contributed by atoms with Gasteiger partial charge in [-0.15, -0.1) is 0 Å². The van der Waals surface area contributed by atoms with Gasteiger partial charge < -0.3 is 9.73 Å². The lowest BCUT2D eigenvalue weighted by molar-refractivity contribution is 0.102. The molecule has 1 aromatic heterocycles. The molecule has 1 heterocycles. The summed E-state index contributed by atoms with van der Waals surface area (Å²) < 4.78 is 6.59. The van der Waals surface area contributed by atoms with Gasteiger partial charge in [-0.1, -0.05) is 45.2 Å². The number of fused-ring (bicyclic) bond motifs is 1. The molecule has 1 N–H and O–H groups in total. The van der Waals surface area contributed by atoms with Crippen molar-refractivity contribution in [2.75, 3.05) is 5.32 Å². The van der Waals surface area contributed by atoms with Crippen molar-refractivity contribution in [2.24, 2.45) is 0 Å². The molecule has 4 aromatic rings. The number of anilines is 1. The van der Waals surface area contributed by atoms with Crippen LogP contribution in [0, 0.1) is 6.92 Å². The van der Waals surface area contributed by atoms with Crippen LogP contribution in [0.15, 0.2) is 63.5 Å². The number of nitrogens with zero attached hydrogens (tertiary/aromatic N) is 1. The summed E-state index contributed by atoms with van der Waals surface area (Å²) in [6.45, 7) is 1.91. The number of carbonyl (C=O) groups is 1. The monoisotopic (exact) mass is 474 g/mol. The zero-order valence-corrected chi connectivity index (χ0v) is 17.7. The van der Waals surface area contributed by atoms with Crippen molar-refractivity contribution in [1.29, 1.82) is 0 Å². The van der Waals surface area contributed by atoms with E-state index in [1.54, 1.807) is 36.4 Å². The number of benzene rings is 3. The molecular formula is C21H13BrCl2N2O2. The second-order valence-corrected chi connectivity index (χ2v) is 8.00. The van der Waals surface area contributed by atoms with E-state index in [4.69, 9.17) is 27.6 Å². The summed E-state index contributed by atoms with van der Waals surface area (Å²) in [4.78, 5) is 17.2. The van der Waals surface area contributed by atoms with Crippen LogP contribution in [0.3, 0.4) is 0 Å². The molecule has 0 aliphatic heterocycles. The Balaban J connectivity index is 1.68. The number of rotatable bonds is 3. The number of amides is 1. The molecule has 0 radical (unpaired) electrons. The van der Waals surface area contributed by atoms with Gasteiger partial charge >= 0.3 is 0 Å². The van der Waals surface area contributed by atoms with E-state index < -0.39 is 0 Å². The Morgan fingerprint density at radius 2 is 1.89 bits per heavy atom. The maximum absolute atomic E-state index is 12.7. The van der Waals surface area contributed by atoms with E-state index in [2.05, 4.69) is 26.2 Å². The van der Waals surface area contributed by atoms with Crippen molar-refractivity contribution in [3.63, 3.8) is 0 Å². The highest BCUT2D eigenvalue weighted by Gasteiger charge is 2.15. The van der Waals surface area contributed by atoms with Crippen LogP contribution < -0.4 is 5.32 Å². The first-order valence-electron chi connectivity index (χ1n) is 8.34. The van der Waals surface area contributed by atoms with Crippen molar-refractivity contribution in [3.8, 4) is 11.5 Å². The van der Waals surface area contributed by atoms with Gasteiger partial charge in [0.15, 0.2) is 5.58 Å². The highest BCUT2D eigenvalue weighted by Crippen LogP contribution is 2.30. The van der Waals surface area contributed by atoms with Crippen LogP contribution >= 0.6 is 39.1 Å². The Hall–Kier alpha value is -2.34. The van der Waals surface area contributed by atoms with Gasteiger partial charge in [0.1, 0.15) is 5.52 Å². The smallest absolute Gasteiger partial charge is 0.257 e. The molecule has 28 heavy (non-hydrogen) atoms. The largest absolute Gasteiger partial charge is 0.436 e. The molecule has 140 valence electrons. The summed E-state index contributed by atoms with van der Waals surface area (Å²) in [7, 11) is 0. The minimum absolute atomic E-state index is 0.295. The SMILES string of the molecule is Cc1ccc(-c2nc3cc(Cl)ccc3o2)cc1NC(=O)c1cc(Br)ccc1Cl. The molecule has 0 aliphatic rings. The van der Waals surface area contributed by atoms with Gasteiger partial charge in [-0.2, -0.15) is 0 Å². The van der Waals surface area contributed by atoms with Gasteiger partial charge in [0.2, 0.25) is 5.89 Å². The quantitative estimate of drug-likeness (QED) is 0.343. The minimum atomic E-state index is -0.295. The van der Waals surface area contributed by atoms with Crippen LogP contribution in [0.25, 0.3) is 22.6 Å². The van der Waals surface area contributed by atoms with Gasteiger partial charge in [-0.25, -0.2) is 4.98 Å². The molecule has 0 fully saturated rings. The average molecular weight is 476 g/mol. The number of hydrogen-bond donors (Lipinski definition) is 1. The molecule has 4 nitrogen and oxygen atoms in total. The average Bonchev–Trinajstić information content (AvgIpc) is 3.08. The number of aromatic nitrogens is 1. The van der Waals surface area contributed by atoms with E-state index in [0.29, 0.717) is 38.3 Å². The highest BCUT2D eigenvalue weighted by atomic mass is 79.9. The predicted molar refractivity (Wildman–Crippen MR) is 116 cm³/mol. The zero-order valence-electron chi connectivity index (χ0n) is 14.6. The molecule has 0 atom stereocenters. The van der Waals surface area contributed by atoms with Crippen LogP contribution in [-0.2, 0) is 0 Å². The molecule has 1 amide bonds. The fraction of sp³-hybridized carbons (Fsp3) is 0.0476. The fourth-order valence-electron chi connectivity index (χ4n) is 2.77. The third kappa shape index (κ3) is 3.78. The van der Waals surface area contributed by atoms with Crippen LogP contribution in [-0.4, -0.2) is 10.9 Å². The molecule has 3 aromatic carbocycles. The Kier molecular flexibility index (Phi) is 5.15. The summed E-state index contributed by atoms with van der Waals surface area (Å²) in [5.41, 5.74) is 4.01. The first-order chi connectivity index (χ1) is 13.4. The minimum Gasteiger partial charge on any atom is -0.436 e. The maximum Gasteiger partial charge on any atom is 0.257 e. The summed E-state index contributed by atoms with van der Waals surface area (Å²) in [5, 5.41) is 3.89. The normalized spacial score (nSPS) is 11.0. The Bertz CT molecular complexity index is 1220. The van der Waals surface area contributed by atoms with Crippen LogP contribution in [0.1, 0.15) is 15.9 Å². The first-order valence-corrected chi connectivity index (χ1v) is 9.89. The second-order valence-electron chi connectivity index (χ2n) is 6.24. The van der Waals surface area contributed by atoms with E-state index in [0.717, 1.165) is 15.6 Å². The van der Waals surface area contributed by atoms with E-state index in [9.17, 15) is 4.79 Å². The molecule has 0 spiro atoms. The Morgan fingerprint density at radius 1 is 1.07 bits per heavy atom. The van der Waals surface area contributed by atoms with Crippen molar-refractivity contribution >= 4 is 61.8 Å². The van der Waals surface area contributed by atoms with Crippen molar-refractivity contribution in [2.45, 2.75) is 6.92 Å². The van der Waals surface area contributed by atoms with Gasteiger partial charge in [0.05, 0.1) is 10.6 Å². The standard InChI is InChI=1S/C21H13BrCl2N2O2/c1-11-2-3-12(21-26-18-10-14(23)5-7-19(18)28-21)8-17(11)25-20(27)15-9-13(22)4-6-16(15)24/h2-10H,1H3,(H,25,27). The van der Waals surface area contributed by atoms with Crippen LogP contribution in [0.2, 0.25) is 10.0 Å². The molecule has 0 unspecified atom stereocenters. The van der Waals surface area contributed by atoms with Crippen LogP contribution in [0.4, 0.5) is 5.69 Å². The zero-order chi connectivity index (χ0) is 19.8. The van der Waals surface area contributed by atoms with E-state index in [1.807, 2.05) is 25.1 Å². The molecule has 0 bridgehead atoms. The molecule has 0 saturated carbocycles. The van der Waals surface area contributed by atoms with E-state index in [1.165, 1.54) is 0 Å². The molecule has 7 heteroatoms. The second kappa shape index (κ2) is 7.59. The molecule has 4 rings (SSSR count). The Morgan fingerprint density at radius 3 is 2.71 bits per heavy atom. The van der Waals surface area contributed by atoms with E-state index in [-0.39, 0.29) is 5.91 Å². The van der Waals surface area contributed by atoms with Crippen LogP contribution in [0.5, 0.6) is 0 Å². The molecular weight excluding hydrogens is 463 g/mol. The lowest BCUT2D eigenvalue weighted by Gasteiger charge is -2.11. The lowest BCUT2D eigenvalue weighted by atomic mass is 10.1. The maximum atomic E-state index is 12.7. The number of aryl methyl sites for hydroxylation is 1. The highest BCUT2D eigenvalue weighted by molar-refractivity contribution is 9.10. The van der Waals surface area contributed by atoms with E-state index >= 15 is 0 Å². The van der Waals surface area contributed by atoms with Gasteiger partial charge in [0, 0.05) is 20.7 Å². The summed E-state index contributed by atoms with van der Waals surface area (Å²) in [6, 6.07) is 16.0. The Labute approximate surface area is 179 Å². The van der Waals surface area contributed by atoms with Crippen molar-refractivity contribution in [1.82, 2.24) is 4.98 Å². The summed E-state index contributed by atoms with van der Waals surface area (Å²) >= 11 is 15.5. The third-order valence-electron chi connectivity index (χ3n) is 4.26. The number of halogens is 3. The number of nitrogens with one attached hydrogen (secondary N) is 1. The van der Waals surface area contributed by atoms with Gasteiger partial charge in [-0.3, -0.25) is 4.79 Å². The molecule has 0 aliphatic carbocycles. The molecule has 0 saturated heterocycles. The topological polar surface area (TPSA) is 55.1 Å². The summed E-state index contributed by atoms with van der Waals surface area (Å²) in [5.74, 6) is 0.157.